The number of nitrogens with zero attached hydrogens (tertiary/aromatic N) is 5. The number of methoxy groups -OCH3 is 1. The number of rotatable bonds is 4. The van der Waals surface area contributed by atoms with Crippen LogP contribution in [0.5, 0.6) is 5.75 Å². The zero-order chi connectivity index (χ0) is 21.4. The maximum atomic E-state index is 13.4. The Labute approximate surface area is 182 Å². The maximum Gasteiger partial charge on any atom is 0.258 e. The van der Waals surface area contributed by atoms with Crippen LogP contribution in [0.4, 0.5) is 5.82 Å². The second kappa shape index (κ2) is 8.21. The van der Waals surface area contributed by atoms with Crippen molar-refractivity contribution >= 4 is 17.4 Å². The van der Waals surface area contributed by atoms with Crippen molar-refractivity contribution in [1.82, 2.24) is 19.5 Å². The van der Waals surface area contributed by atoms with Crippen LogP contribution in [0.3, 0.4) is 0 Å². The summed E-state index contributed by atoms with van der Waals surface area (Å²) in [6.45, 7) is 4.95. The number of ether oxygens (including phenoxy) is 1. The first-order valence-corrected chi connectivity index (χ1v) is 11.2. The van der Waals surface area contributed by atoms with E-state index < -0.39 is 0 Å². The number of hydrogen-bond acceptors (Lipinski definition) is 5. The van der Waals surface area contributed by atoms with Crippen LogP contribution >= 0.6 is 0 Å². The van der Waals surface area contributed by atoms with Gasteiger partial charge >= 0.3 is 0 Å². The van der Waals surface area contributed by atoms with E-state index in [1.807, 2.05) is 33.7 Å². The minimum absolute atomic E-state index is 0.00102. The van der Waals surface area contributed by atoms with Crippen LogP contribution in [0.15, 0.2) is 36.5 Å². The zero-order valence-corrected chi connectivity index (χ0v) is 18.3. The molecule has 0 radical (unpaired) electrons. The molecule has 3 aromatic rings. The van der Waals surface area contributed by atoms with E-state index in [-0.39, 0.29) is 11.9 Å². The van der Waals surface area contributed by atoms with E-state index in [1.54, 1.807) is 7.11 Å². The molecule has 1 unspecified atom stereocenters. The smallest absolute Gasteiger partial charge is 0.258 e. The summed E-state index contributed by atoms with van der Waals surface area (Å²) in [7, 11) is 1.61. The van der Waals surface area contributed by atoms with Gasteiger partial charge in [-0.2, -0.15) is 5.10 Å². The van der Waals surface area contributed by atoms with Gasteiger partial charge in [-0.25, -0.2) is 9.50 Å². The molecular weight excluding hydrogens is 390 g/mol. The highest BCUT2D eigenvalue weighted by molar-refractivity contribution is 5.97. The molecule has 2 saturated heterocycles. The maximum absolute atomic E-state index is 13.4. The van der Waals surface area contributed by atoms with Gasteiger partial charge in [-0.1, -0.05) is 12.1 Å². The number of likely N-dealkylation sites (tertiary alicyclic amines) is 1. The molecule has 0 saturated carbocycles. The number of piperidine rings is 1. The molecule has 31 heavy (non-hydrogen) atoms. The molecule has 0 N–H and O–H groups in total. The lowest BCUT2D eigenvalue weighted by Crippen LogP contribution is -2.38. The lowest BCUT2D eigenvalue weighted by atomic mass is 9.98. The fourth-order valence-electron chi connectivity index (χ4n) is 4.89. The predicted octanol–water partition coefficient (Wildman–Crippen LogP) is 4.01. The first kappa shape index (κ1) is 19.8. The number of fused-ring (bicyclic) bond motifs is 1. The lowest BCUT2D eigenvalue weighted by Gasteiger charge is -2.35. The molecule has 1 amide bonds. The summed E-state index contributed by atoms with van der Waals surface area (Å²) in [4.78, 5) is 22.7. The molecule has 0 spiro atoms. The summed E-state index contributed by atoms with van der Waals surface area (Å²) in [6, 6.07) is 9.44. The number of aryl methyl sites for hydroxylation is 1. The Bertz CT molecular complexity index is 1100. The first-order chi connectivity index (χ1) is 15.2. The Morgan fingerprint density at radius 2 is 1.87 bits per heavy atom. The number of amides is 1. The monoisotopic (exact) mass is 419 g/mol. The van der Waals surface area contributed by atoms with Crippen LogP contribution in [0.25, 0.3) is 5.65 Å². The number of aromatic nitrogens is 3. The van der Waals surface area contributed by atoms with E-state index in [9.17, 15) is 4.79 Å². The van der Waals surface area contributed by atoms with E-state index >= 15 is 0 Å². The SMILES string of the molecule is COc1ccccc1C(=O)N1CCCCC1c1cc2nc(N3CCCC3)c(C)cn2n1. The van der Waals surface area contributed by atoms with Gasteiger partial charge in [0, 0.05) is 37.5 Å². The van der Waals surface area contributed by atoms with Gasteiger partial charge in [0.2, 0.25) is 0 Å². The summed E-state index contributed by atoms with van der Waals surface area (Å²) in [5.41, 5.74) is 3.49. The molecule has 1 atom stereocenters. The van der Waals surface area contributed by atoms with Gasteiger partial charge in [0.05, 0.1) is 24.4 Å². The minimum Gasteiger partial charge on any atom is -0.496 e. The van der Waals surface area contributed by atoms with Gasteiger partial charge in [0.25, 0.3) is 5.91 Å². The van der Waals surface area contributed by atoms with Crippen molar-refractivity contribution in [3.63, 3.8) is 0 Å². The topological polar surface area (TPSA) is 63.0 Å². The van der Waals surface area contributed by atoms with Gasteiger partial charge in [-0.3, -0.25) is 4.79 Å². The number of carbonyl (C=O) groups excluding carboxylic acids is 1. The third kappa shape index (κ3) is 3.62. The summed E-state index contributed by atoms with van der Waals surface area (Å²) in [6.07, 6.45) is 7.50. The van der Waals surface area contributed by atoms with Crippen LogP contribution in [-0.2, 0) is 0 Å². The van der Waals surface area contributed by atoms with E-state index in [4.69, 9.17) is 14.8 Å². The van der Waals surface area contributed by atoms with Crippen molar-refractivity contribution < 1.29 is 9.53 Å². The average Bonchev–Trinajstić information content (AvgIpc) is 3.47. The molecule has 4 heterocycles. The molecule has 0 bridgehead atoms. The van der Waals surface area contributed by atoms with Crippen molar-refractivity contribution in [2.45, 2.75) is 45.1 Å². The molecule has 1 aromatic carbocycles. The predicted molar refractivity (Wildman–Crippen MR) is 120 cm³/mol. The summed E-state index contributed by atoms with van der Waals surface area (Å²) in [5.74, 6) is 1.67. The second-order valence-corrected chi connectivity index (χ2v) is 8.52. The highest BCUT2D eigenvalue weighted by Crippen LogP contribution is 2.34. The first-order valence-electron chi connectivity index (χ1n) is 11.2. The summed E-state index contributed by atoms with van der Waals surface area (Å²) in [5, 5.41) is 4.84. The van der Waals surface area contributed by atoms with Crippen molar-refractivity contribution in [1.29, 1.82) is 0 Å². The molecule has 2 aliphatic rings. The van der Waals surface area contributed by atoms with Gasteiger partial charge < -0.3 is 14.5 Å². The molecule has 7 nitrogen and oxygen atoms in total. The third-order valence-corrected chi connectivity index (χ3v) is 6.47. The molecule has 162 valence electrons. The number of benzene rings is 1. The highest BCUT2D eigenvalue weighted by Gasteiger charge is 2.32. The molecule has 2 aliphatic heterocycles. The van der Waals surface area contributed by atoms with Crippen molar-refractivity contribution in [2.24, 2.45) is 0 Å². The van der Waals surface area contributed by atoms with E-state index in [1.165, 1.54) is 12.8 Å². The molecule has 0 aliphatic carbocycles. The van der Waals surface area contributed by atoms with Crippen molar-refractivity contribution in [3.8, 4) is 5.75 Å². The average molecular weight is 420 g/mol. The van der Waals surface area contributed by atoms with Crippen LogP contribution in [-0.4, -0.2) is 52.1 Å². The summed E-state index contributed by atoms with van der Waals surface area (Å²) >= 11 is 0. The molecule has 5 rings (SSSR count). The molecular formula is C24H29N5O2. The molecule has 2 fully saturated rings. The number of hydrogen-bond donors (Lipinski definition) is 0. The third-order valence-electron chi connectivity index (χ3n) is 6.47. The number of anilines is 1. The standard InChI is InChI=1S/C24H29N5O2/c1-17-16-29-22(25-23(17)27-12-7-8-13-27)15-19(26-29)20-10-5-6-14-28(20)24(30)18-9-3-4-11-21(18)31-2/h3-4,9,11,15-16,20H,5-8,10,12-14H2,1-2H3. The van der Waals surface area contributed by atoms with Crippen LogP contribution < -0.4 is 9.64 Å². The zero-order valence-electron chi connectivity index (χ0n) is 18.3. The van der Waals surface area contributed by atoms with Gasteiger partial charge in [-0.15, -0.1) is 0 Å². The van der Waals surface area contributed by atoms with Gasteiger partial charge in [0.1, 0.15) is 11.6 Å². The van der Waals surface area contributed by atoms with Crippen LogP contribution in [0.1, 0.15) is 59.8 Å². The van der Waals surface area contributed by atoms with E-state index in [0.717, 1.165) is 61.6 Å². The highest BCUT2D eigenvalue weighted by atomic mass is 16.5. The van der Waals surface area contributed by atoms with E-state index in [0.29, 0.717) is 11.3 Å². The van der Waals surface area contributed by atoms with Gasteiger partial charge in [-0.05, 0) is 51.2 Å². The lowest BCUT2D eigenvalue weighted by molar-refractivity contribution is 0.0602. The number of carbonyl (C=O) groups is 1. The second-order valence-electron chi connectivity index (χ2n) is 8.52. The minimum atomic E-state index is -0.0524. The fraction of sp³-hybridized carbons (Fsp3) is 0.458. The Morgan fingerprint density at radius 1 is 1.10 bits per heavy atom. The van der Waals surface area contributed by atoms with Crippen molar-refractivity contribution in [3.05, 3.63) is 53.3 Å². The fourth-order valence-corrected chi connectivity index (χ4v) is 4.89. The Hall–Kier alpha value is -3.09. The Kier molecular flexibility index (Phi) is 5.26. The van der Waals surface area contributed by atoms with E-state index in [2.05, 4.69) is 24.1 Å². The van der Waals surface area contributed by atoms with Crippen molar-refractivity contribution in [2.75, 3.05) is 31.6 Å². The molecule has 2 aromatic heterocycles. The Balaban J connectivity index is 1.49. The van der Waals surface area contributed by atoms with Crippen LogP contribution in [0.2, 0.25) is 0 Å². The normalized spacial score (nSPS) is 19.2. The number of para-hydroxylation sites is 1. The van der Waals surface area contributed by atoms with Crippen LogP contribution in [0, 0.1) is 6.92 Å². The summed E-state index contributed by atoms with van der Waals surface area (Å²) < 4.78 is 7.31. The Morgan fingerprint density at radius 3 is 2.68 bits per heavy atom. The molecule has 7 heteroatoms. The largest absolute Gasteiger partial charge is 0.496 e. The quantitative estimate of drug-likeness (QED) is 0.639. The van der Waals surface area contributed by atoms with Gasteiger partial charge in [0.15, 0.2) is 5.65 Å².